The fourth-order valence-electron chi connectivity index (χ4n) is 2.00. The minimum Gasteiger partial charge on any atom is -0.353 e. The van der Waals surface area contributed by atoms with E-state index in [0.29, 0.717) is 21.9 Å². The third-order valence-corrected chi connectivity index (χ3v) is 4.15. The molecular formula is C14H12ClN5O2S. The van der Waals surface area contributed by atoms with Crippen LogP contribution in [0.4, 0.5) is 5.69 Å². The number of nitrogens with zero attached hydrogens (tertiary/aromatic N) is 2. The van der Waals surface area contributed by atoms with Crippen LogP contribution in [0.2, 0.25) is 5.15 Å². The summed E-state index contributed by atoms with van der Waals surface area (Å²) in [4.78, 5) is 37.6. The minimum atomic E-state index is -0.266. The monoisotopic (exact) mass is 349 g/mol. The SMILES string of the molecule is Cc1cc2nc(SCC(=O)Nc3cccnc3Cl)[nH]c(=O)c2[nH]1. The first-order valence-electron chi connectivity index (χ1n) is 6.66. The van der Waals surface area contributed by atoms with E-state index in [1.165, 1.54) is 6.20 Å². The van der Waals surface area contributed by atoms with Gasteiger partial charge < -0.3 is 10.3 Å². The number of rotatable bonds is 4. The van der Waals surface area contributed by atoms with Crippen molar-refractivity contribution in [3.63, 3.8) is 0 Å². The van der Waals surface area contributed by atoms with E-state index in [1.54, 1.807) is 18.2 Å². The van der Waals surface area contributed by atoms with Crippen LogP contribution in [-0.4, -0.2) is 31.6 Å². The van der Waals surface area contributed by atoms with E-state index in [-0.39, 0.29) is 22.4 Å². The number of aryl methyl sites for hydroxylation is 1. The van der Waals surface area contributed by atoms with Crippen molar-refractivity contribution in [1.82, 2.24) is 19.9 Å². The summed E-state index contributed by atoms with van der Waals surface area (Å²) >= 11 is 7.01. The summed E-state index contributed by atoms with van der Waals surface area (Å²) in [6.45, 7) is 1.85. The largest absolute Gasteiger partial charge is 0.353 e. The number of fused-ring (bicyclic) bond motifs is 1. The third-order valence-electron chi connectivity index (χ3n) is 2.97. The molecule has 0 unspecified atom stereocenters. The first kappa shape index (κ1) is 15.6. The number of nitrogens with one attached hydrogen (secondary N) is 3. The molecule has 7 nitrogen and oxygen atoms in total. The van der Waals surface area contributed by atoms with Crippen molar-refractivity contribution < 1.29 is 4.79 Å². The van der Waals surface area contributed by atoms with Gasteiger partial charge in [-0.05, 0) is 25.1 Å². The number of amides is 1. The number of halogens is 1. The zero-order valence-corrected chi connectivity index (χ0v) is 13.6. The highest BCUT2D eigenvalue weighted by Gasteiger charge is 2.10. The molecule has 3 aromatic rings. The molecule has 0 atom stereocenters. The van der Waals surface area contributed by atoms with E-state index in [2.05, 4.69) is 25.3 Å². The molecule has 0 fully saturated rings. The molecule has 0 aliphatic heterocycles. The number of aromatic amines is 2. The summed E-state index contributed by atoms with van der Waals surface area (Å²) in [5, 5.41) is 3.26. The summed E-state index contributed by atoms with van der Waals surface area (Å²) in [6.07, 6.45) is 1.54. The van der Waals surface area contributed by atoms with Crippen molar-refractivity contribution in [2.24, 2.45) is 0 Å². The van der Waals surface area contributed by atoms with Gasteiger partial charge in [-0.3, -0.25) is 14.6 Å². The fourth-order valence-corrected chi connectivity index (χ4v) is 2.83. The first-order chi connectivity index (χ1) is 11.0. The first-order valence-corrected chi connectivity index (χ1v) is 8.02. The molecule has 0 aliphatic carbocycles. The lowest BCUT2D eigenvalue weighted by molar-refractivity contribution is -0.113. The summed E-state index contributed by atoms with van der Waals surface area (Å²) in [7, 11) is 0. The second-order valence-electron chi connectivity index (χ2n) is 4.76. The van der Waals surface area contributed by atoms with E-state index >= 15 is 0 Å². The van der Waals surface area contributed by atoms with Crippen LogP contribution in [0, 0.1) is 6.92 Å². The summed E-state index contributed by atoms with van der Waals surface area (Å²) in [5.41, 5.74) is 2.03. The van der Waals surface area contributed by atoms with Gasteiger partial charge in [-0.15, -0.1) is 0 Å². The fraction of sp³-hybridized carbons (Fsp3) is 0.143. The van der Waals surface area contributed by atoms with Gasteiger partial charge in [0.2, 0.25) is 5.91 Å². The molecule has 1 amide bonds. The number of carbonyl (C=O) groups is 1. The lowest BCUT2D eigenvalue weighted by Crippen LogP contribution is -2.16. The van der Waals surface area contributed by atoms with Crippen molar-refractivity contribution >= 4 is 46.0 Å². The van der Waals surface area contributed by atoms with Crippen molar-refractivity contribution in [1.29, 1.82) is 0 Å². The number of hydrogen-bond donors (Lipinski definition) is 3. The Balaban J connectivity index is 1.69. The number of H-pyrrole nitrogens is 2. The van der Waals surface area contributed by atoms with Gasteiger partial charge >= 0.3 is 0 Å². The van der Waals surface area contributed by atoms with Crippen LogP contribution in [0.5, 0.6) is 0 Å². The maximum Gasteiger partial charge on any atom is 0.275 e. The Hall–Kier alpha value is -2.32. The molecule has 0 aromatic carbocycles. The molecule has 118 valence electrons. The Morgan fingerprint density at radius 1 is 1.43 bits per heavy atom. The Bertz CT molecular complexity index is 936. The smallest absolute Gasteiger partial charge is 0.275 e. The Kier molecular flexibility index (Phi) is 4.35. The highest BCUT2D eigenvalue weighted by Crippen LogP contribution is 2.19. The average molecular weight is 350 g/mol. The van der Waals surface area contributed by atoms with Gasteiger partial charge in [-0.1, -0.05) is 23.4 Å². The molecule has 9 heteroatoms. The summed E-state index contributed by atoms with van der Waals surface area (Å²) < 4.78 is 0. The molecule has 0 bridgehead atoms. The Morgan fingerprint density at radius 3 is 3.04 bits per heavy atom. The Labute approximate surface area is 139 Å². The predicted octanol–water partition coefficient (Wildman–Crippen LogP) is 2.34. The van der Waals surface area contributed by atoms with Crippen molar-refractivity contribution in [3.05, 3.63) is 45.6 Å². The topological polar surface area (TPSA) is 104 Å². The van der Waals surface area contributed by atoms with E-state index < -0.39 is 0 Å². The van der Waals surface area contributed by atoms with Crippen molar-refractivity contribution in [3.8, 4) is 0 Å². The van der Waals surface area contributed by atoms with Gasteiger partial charge in [0.05, 0.1) is 17.0 Å². The number of aromatic nitrogens is 4. The molecule has 3 N–H and O–H groups in total. The third kappa shape index (κ3) is 3.54. The summed E-state index contributed by atoms with van der Waals surface area (Å²) in [6, 6.07) is 5.12. The highest BCUT2D eigenvalue weighted by atomic mass is 35.5. The molecule has 3 aromatic heterocycles. The molecule has 0 radical (unpaired) electrons. The number of carbonyl (C=O) groups excluding carboxylic acids is 1. The second kappa shape index (κ2) is 6.43. The van der Waals surface area contributed by atoms with Gasteiger partial charge in [-0.2, -0.15) is 0 Å². The number of pyridine rings is 1. The van der Waals surface area contributed by atoms with Crippen LogP contribution in [0.25, 0.3) is 11.0 Å². The van der Waals surface area contributed by atoms with E-state index in [1.807, 2.05) is 6.92 Å². The molecular weight excluding hydrogens is 338 g/mol. The molecule has 0 saturated heterocycles. The number of anilines is 1. The molecule has 3 rings (SSSR count). The van der Waals surface area contributed by atoms with Crippen LogP contribution >= 0.6 is 23.4 Å². The lowest BCUT2D eigenvalue weighted by Gasteiger charge is -2.05. The maximum absolute atomic E-state index is 11.9. The van der Waals surface area contributed by atoms with Gasteiger partial charge in [0.1, 0.15) is 5.52 Å². The average Bonchev–Trinajstić information content (AvgIpc) is 2.89. The maximum atomic E-state index is 11.9. The van der Waals surface area contributed by atoms with Gasteiger partial charge in [0.15, 0.2) is 10.3 Å². The molecule has 0 aliphatic rings. The predicted molar refractivity (Wildman–Crippen MR) is 90.1 cm³/mol. The van der Waals surface area contributed by atoms with E-state index in [9.17, 15) is 9.59 Å². The number of thioether (sulfide) groups is 1. The zero-order valence-electron chi connectivity index (χ0n) is 12.0. The highest BCUT2D eigenvalue weighted by molar-refractivity contribution is 7.99. The number of hydrogen-bond acceptors (Lipinski definition) is 5. The minimum absolute atomic E-state index is 0.0864. The van der Waals surface area contributed by atoms with Crippen molar-refractivity contribution in [2.75, 3.05) is 11.1 Å². The van der Waals surface area contributed by atoms with Crippen LogP contribution in [-0.2, 0) is 4.79 Å². The van der Waals surface area contributed by atoms with Crippen LogP contribution in [0.3, 0.4) is 0 Å². The molecule has 3 heterocycles. The second-order valence-corrected chi connectivity index (χ2v) is 6.08. The standard InChI is InChI=1S/C14H12ClN5O2S/c1-7-5-9-11(17-7)13(22)20-14(19-9)23-6-10(21)18-8-3-2-4-16-12(8)15/h2-5,17H,6H2,1H3,(H,18,21)(H,19,20,22). The van der Waals surface area contributed by atoms with Crippen LogP contribution in [0.15, 0.2) is 34.3 Å². The van der Waals surface area contributed by atoms with Gasteiger partial charge in [0.25, 0.3) is 5.56 Å². The lowest BCUT2D eigenvalue weighted by atomic mass is 10.4. The van der Waals surface area contributed by atoms with E-state index in [4.69, 9.17) is 11.6 Å². The molecule has 0 saturated carbocycles. The van der Waals surface area contributed by atoms with Gasteiger partial charge in [0, 0.05) is 11.9 Å². The molecule has 0 spiro atoms. The van der Waals surface area contributed by atoms with Crippen molar-refractivity contribution in [2.45, 2.75) is 12.1 Å². The van der Waals surface area contributed by atoms with Crippen LogP contribution < -0.4 is 10.9 Å². The quantitative estimate of drug-likeness (QED) is 0.381. The zero-order chi connectivity index (χ0) is 16.4. The normalized spacial score (nSPS) is 10.9. The van der Waals surface area contributed by atoms with Gasteiger partial charge in [-0.25, -0.2) is 9.97 Å². The Morgan fingerprint density at radius 2 is 2.26 bits per heavy atom. The molecule has 23 heavy (non-hydrogen) atoms. The van der Waals surface area contributed by atoms with E-state index in [0.717, 1.165) is 17.5 Å². The summed E-state index contributed by atoms with van der Waals surface area (Å²) in [5.74, 6) is -0.179. The van der Waals surface area contributed by atoms with Crippen LogP contribution in [0.1, 0.15) is 5.69 Å².